The molecule has 0 amide bonds. The van der Waals surface area contributed by atoms with Crippen LogP contribution in [0.5, 0.6) is 0 Å². The standard InChI is InChI=1S/C10H21N3O/c1-9(2)6-8-12-7-4-3-5-10(11)13-14/h6,12,14H,3-5,7-8H2,1-2H3,(H2,11,13). The van der Waals surface area contributed by atoms with Gasteiger partial charge in [-0.2, -0.15) is 0 Å². The summed E-state index contributed by atoms with van der Waals surface area (Å²) in [5, 5.41) is 14.5. The van der Waals surface area contributed by atoms with Crippen LogP contribution in [0.1, 0.15) is 33.1 Å². The van der Waals surface area contributed by atoms with Crippen molar-refractivity contribution in [3.8, 4) is 0 Å². The topological polar surface area (TPSA) is 70.6 Å². The average Bonchev–Trinajstić information content (AvgIpc) is 2.15. The number of allylic oxidation sites excluding steroid dienone is 1. The van der Waals surface area contributed by atoms with Gasteiger partial charge in [0, 0.05) is 13.0 Å². The Hall–Kier alpha value is -1.03. The summed E-state index contributed by atoms with van der Waals surface area (Å²) in [5.41, 5.74) is 6.65. The number of oxime groups is 1. The fourth-order valence-corrected chi connectivity index (χ4v) is 0.984. The van der Waals surface area contributed by atoms with Crippen LogP contribution in [-0.4, -0.2) is 24.1 Å². The number of unbranched alkanes of at least 4 members (excludes halogenated alkanes) is 1. The molecule has 4 heteroatoms. The van der Waals surface area contributed by atoms with Crippen LogP contribution >= 0.6 is 0 Å². The first-order valence-electron chi connectivity index (χ1n) is 4.97. The molecule has 0 saturated heterocycles. The number of nitrogens with one attached hydrogen (secondary N) is 1. The van der Waals surface area contributed by atoms with Crippen LogP contribution in [0.15, 0.2) is 16.8 Å². The molecule has 0 fully saturated rings. The highest BCUT2D eigenvalue weighted by Gasteiger charge is 1.92. The monoisotopic (exact) mass is 199 g/mol. The van der Waals surface area contributed by atoms with Gasteiger partial charge in [-0.15, -0.1) is 0 Å². The molecule has 0 heterocycles. The van der Waals surface area contributed by atoms with Gasteiger partial charge in [0.2, 0.25) is 0 Å². The fraction of sp³-hybridized carbons (Fsp3) is 0.700. The Morgan fingerprint density at radius 1 is 1.43 bits per heavy atom. The van der Waals surface area contributed by atoms with Crippen LogP contribution in [0, 0.1) is 0 Å². The lowest BCUT2D eigenvalue weighted by atomic mass is 10.2. The Balaban J connectivity index is 3.19. The van der Waals surface area contributed by atoms with Crippen molar-refractivity contribution in [1.29, 1.82) is 0 Å². The van der Waals surface area contributed by atoms with E-state index in [4.69, 9.17) is 10.9 Å². The summed E-state index contributed by atoms with van der Waals surface area (Å²) in [4.78, 5) is 0. The molecule has 0 aromatic heterocycles. The number of hydrogen-bond donors (Lipinski definition) is 3. The van der Waals surface area contributed by atoms with Crippen molar-refractivity contribution in [2.75, 3.05) is 13.1 Å². The van der Waals surface area contributed by atoms with Crippen molar-refractivity contribution in [2.45, 2.75) is 33.1 Å². The maximum atomic E-state index is 8.28. The Labute approximate surface area is 85.9 Å². The Morgan fingerprint density at radius 3 is 2.71 bits per heavy atom. The van der Waals surface area contributed by atoms with Crippen molar-refractivity contribution in [3.05, 3.63) is 11.6 Å². The first-order valence-corrected chi connectivity index (χ1v) is 4.97. The SMILES string of the molecule is CC(C)=CCNCCCCC(N)=NO. The van der Waals surface area contributed by atoms with Crippen LogP contribution in [0.2, 0.25) is 0 Å². The number of hydrogen-bond acceptors (Lipinski definition) is 3. The maximum Gasteiger partial charge on any atom is 0.139 e. The van der Waals surface area contributed by atoms with Gasteiger partial charge < -0.3 is 16.3 Å². The van der Waals surface area contributed by atoms with E-state index in [2.05, 4.69) is 30.4 Å². The molecule has 0 spiro atoms. The first kappa shape index (κ1) is 13.0. The minimum atomic E-state index is 0.314. The van der Waals surface area contributed by atoms with Crippen molar-refractivity contribution in [2.24, 2.45) is 10.9 Å². The van der Waals surface area contributed by atoms with Gasteiger partial charge in [-0.3, -0.25) is 0 Å². The smallest absolute Gasteiger partial charge is 0.139 e. The molecule has 4 nitrogen and oxygen atoms in total. The third-order valence-corrected chi connectivity index (χ3v) is 1.82. The summed E-state index contributed by atoms with van der Waals surface area (Å²) < 4.78 is 0. The minimum absolute atomic E-state index is 0.314. The molecule has 0 atom stereocenters. The summed E-state index contributed by atoms with van der Waals surface area (Å²) >= 11 is 0. The van der Waals surface area contributed by atoms with Gasteiger partial charge in [-0.05, 0) is 33.2 Å². The summed E-state index contributed by atoms with van der Waals surface area (Å²) in [5.74, 6) is 0.314. The molecular weight excluding hydrogens is 178 g/mol. The molecule has 0 aliphatic carbocycles. The second-order valence-electron chi connectivity index (χ2n) is 3.53. The molecule has 82 valence electrons. The predicted molar refractivity (Wildman–Crippen MR) is 59.6 cm³/mol. The Morgan fingerprint density at radius 2 is 2.14 bits per heavy atom. The molecule has 0 aliphatic heterocycles. The zero-order valence-electron chi connectivity index (χ0n) is 9.08. The van der Waals surface area contributed by atoms with Gasteiger partial charge in [0.1, 0.15) is 5.84 Å². The molecule has 14 heavy (non-hydrogen) atoms. The van der Waals surface area contributed by atoms with E-state index in [1.807, 2.05) is 0 Å². The van der Waals surface area contributed by atoms with Gasteiger partial charge in [-0.25, -0.2) is 0 Å². The molecule has 0 aromatic carbocycles. The number of nitrogens with two attached hydrogens (primary N) is 1. The van der Waals surface area contributed by atoms with Gasteiger partial charge in [0.05, 0.1) is 0 Å². The Bertz CT molecular complexity index is 196. The summed E-state index contributed by atoms with van der Waals surface area (Å²) in [6.45, 7) is 6.06. The third-order valence-electron chi connectivity index (χ3n) is 1.82. The summed E-state index contributed by atoms with van der Waals surface area (Å²) in [6, 6.07) is 0. The van der Waals surface area contributed by atoms with Crippen molar-refractivity contribution < 1.29 is 5.21 Å². The quantitative estimate of drug-likeness (QED) is 0.145. The van der Waals surface area contributed by atoms with Crippen LogP contribution in [-0.2, 0) is 0 Å². The highest BCUT2D eigenvalue weighted by atomic mass is 16.4. The molecule has 0 rings (SSSR count). The predicted octanol–water partition coefficient (Wildman–Crippen LogP) is 1.46. The van der Waals surface area contributed by atoms with Crippen molar-refractivity contribution in [1.82, 2.24) is 5.32 Å². The van der Waals surface area contributed by atoms with Crippen LogP contribution in [0.25, 0.3) is 0 Å². The molecule has 0 bridgehead atoms. The lowest BCUT2D eigenvalue weighted by Gasteiger charge is -2.01. The number of rotatable bonds is 7. The van der Waals surface area contributed by atoms with Crippen LogP contribution in [0.4, 0.5) is 0 Å². The van der Waals surface area contributed by atoms with Gasteiger partial charge >= 0.3 is 0 Å². The second-order valence-corrected chi connectivity index (χ2v) is 3.53. The van der Waals surface area contributed by atoms with E-state index in [1.54, 1.807) is 0 Å². The molecule has 0 aliphatic rings. The molecule has 0 aromatic rings. The van der Waals surface area contributed by atoms with E-state index in [9.17, 15) is 0 Å². The molecule has 0 unspecified atom stereocenters. The van der Waals surface area contributed by atoms with Gasteiger partial charge in [0.15, 0.2) is 0 Å². The summed E-state index contributed by atoms with van der Waals surface area (Å²) in [6.07, 6.45) is 4.83. The number of amidine groups is 1. The van der Waals surface area contributed by atoms with E-state index < -0.39 is 0 Å². The molecule has 0 radical (unpaired) electrons. The minimum Gasteiger partial charge on any atom is -0.409 e. The largest absolute Gasteiger partial charge is 0.409 e. The Kier molecular flexibility index (Phi) is 7.93. The summed E-state index contributed by atoms with van der Waals surface area (Å²) in [7, 11) is 0. The van der Waals surface area contributed by atoms with E-state index in [0.29, 0.717) is 12.3 Å². The lowest BCUT2D eigenvalue weighted by molar-refractivity contribution is 0.316. The fourth-order valence-electron chi connectivity index (χ4n) is 0.984. The zero-order chi connectivity index (χ0) is 10.8. The van der Waals surface area contributed by atoms with E-state index in [0.717, 1.165) is 25.9 Å². The maximum absolute atomic E-state index is 8.28. The third kappa shape index (κ3) is 9.06. The van der Waals surface area contributed by atoms with E-state index in [-0.39, 0.29) is 0 Å². The van der Waals surface area contributed by atoms with Gasteiger partial charge in [0.25, 0.3) is 0 Å². The van der Waals surface area contributed by atoms with Crippen LogP contribution < -0.4 is 11.1 Å². The van der Waals surface area contributed by atoms with E-state index in [1.165, 1.54) is 5.57 Å². The highest BCUT2D eigenvalue weighted by molar-refractivity contribution is 5.79. The normalized spacial score (nSPS) is 11.4. The molecule has 0 saturated carbocycles. The van der Waals surface area contributed by atoms with Crippen molar-refractivity contribution >= 4 is 5.84 Å². The number of nitrogens with zero attached hydrogens (tertiary/aromatic N) is 1. The lowest BCUT2D eigenvalue weighted by Crippen LogP contribution is -2.16. The second kappa shape index (κ2) is 8.56. The first-order chi connectivity index (χ1) is 6.66. The molecular formula is C10H21N3O. The zero-order valence-corrected chi connectivity index (χ0v) is 9.08. The highest BCUT2D eigenvalue weighted by Crippen LogP contribution is 1.93. The molecule has 4 N–H and O–H groups in total. The van der Waals surface area contributed by atoms with Crippen molar-refractivity contribution in [3.63, 3.8) is 0 Å². The van der Waals surface area contributed by atoms with Gasteiger partial charge in [-0.1, -0.05) is 16.8 Å². The van der Waals surface area contributed by atoms with E-state index >= 15 is 0 Å². The average molecular weight is 199 g/mol. The van der Waals surface area contributed by atoms with Crippen LogP contribution in [0.3, 0.4) is 0 Å².